The molecule has 5 aromatic rings. The third kappa shape index (κ3) is 9.73. The molecule has 1 fully saturated rings. The van der Waals surface area contributed by atoms with Crippen LogP contribution in [0, 0.1) is 0 Å². The van der Waals surface area contributed by atoms with Crippen molar-refractivity contribution in [3.05, 3.63) is 162 Å². The monoisotopic (exact) mass is 668 g/mol. The molecule has 6 rings (SSSR count). The predicted molar refractivity (Wildman–Crippen MR) is 181 cm³/mol. The minimum absolute atomic E-state index is 0.131. The van der Waals surface area contributed by atoms with E-state index in [1.807, 2.05) is 109 Å². The molecule has 1 aliphatic heterocycles. The summed E-state index contributed by atoms with van der Waals surface area (Å²) in [6, 6.07) is 39.7. The highest BCUT2D eigenvalue weighted by Gasteiger charge is 2.46. The molecule has 0 spiro atoms. The molecule has 4 atom stereocenters. The number of piperidine rings is 1. The Hall–Kier alpha value is -4.61. The zero-order chi connectivity index (χ0) is 33.9. The molecule has 7 nitrogen and oxygen atoms in total. The van der Waals surface area contributed by atoms with Crippen molar-refractivity contribution in [2.24, 2.45) is 0 Å². The zero-order valence-electron chi connectivity index (χ0n) is 27.0. The molecule has 1 aliphatic rings. The van der Waals surface area contributed by atoms with E-state index in [4.69, 9.17) is 14.2 Å². The number of likely N-dealkylation sites (tertiary alicyclic amines) is 1. The maximum atomic E-state index is 13.7. The van der Waals surface area contributed by atoms with Crippen molar-refractivity contribution in [1.29, 1.82) is 0 Å². The summed E-state index contributed by atoms with van der Waals surface area (Å²) in [6.45, 7) is 2.28. The third-order valence-corrected chi connectivity index (χ3v) is 8.46. The predicted octanol–water partition coefficient (Wildman–Crippen LogP) is 7.55. The molecule has 4 aromatic carbocycles. The lowest BCUT2D eigenvalue weighted by molar-refractivity contribution is -0.163. The van der Waals surface area contributed by atoms with Crippen molar-refractivity contribution < 1.29 is 27.4 Å². The van der Waals surface area contributed by atoms with Gasteiger partial charge >= 0.3 is 6.18 Å². The lowest BCUT2D eigenvalue weighted by Gasteiger charge is -2.49. The minimum Gasteiger partial charge on any atom is -0.375 e. The first kappa shape index (κ1) is 34.3. The van der Waals surface area contributed by atoms with Crippen LogP contribution in [-0.4, -0.2) is 52.3 Å². The molecular formula is C39H39F3N4O3. The van der Waals surface area contributed by atoms with Gasteiger partial charge in [0.1, 0.15) is 17.9 Å². The zero-order valence-corrected chi connectivity index (χ0v) is 27.0. The number of hydrogen-bond acceptors (Lipinski definition) is 7. The van der Waals surface area contributed by atoms with Crippen LogP contribution in [0.2, 0.25) is 0 Å². The molecule has 10 heteroatoms. The first-order chi connectivity index (χ1) is 23.9. The largest absolute Gasteiger partial charge is 0.433 e. The molecule has 49 heavy (non-hydrogen) atoms. The summed E-state index contributed by atoms with van der Waals surface area (Å²) >= 11 is 0. The lowest BCUT2D eigenvalue weighted by Crippen LogP contribution is -2.65. The van der Waals surface area contributed by atoms with Gasteiger partial charge in [0.15, 0.2) is 0 Å². The summed E-state index contributed by atoms with van der Waals surface area (Å²) in [6.07, 6.45) is -4.66. The van der Waals surface area contributed by atoms with Crippen molar-refractivity contribution in [3.8, 4) is 0 Å². The fraction of sp³-hybridized carbons (Fsp3) is 0.282. The molecule has 0 unspecified atom stereocenters. The van der Waals surface area contributed by atoms with Gasteiger partial charge in [-0.05, 0) is 28.3 Å². The highest BCUT2D eigenvalue weighted by Crippen LogP contribution is 2.31. The Balaban J connectivity index is 1.36. The summed E-state index contributed by atoms with van der Waals surface area (Å²) in [4.78, 5) is 10.3. The second kappa shape index (κ2) is 16.7. The second-order valence-electron chi connectivity index (χ2n) is 12.0. The number of alkyl halides is 3. The van der Waals surface area contributed by atoms with E-state index in [1.54, 1.807) is 0 Å². The van der Waals surface area contributed by atoms with Crippen molar-refractivity contribution in [1.82, 2.24) is 14.9 Å². The number of aromatic nitrogens is 2. The number of nitrogens with zero attached hydrogens (tertiary/aromatic N) is 3. The quantitative estimate of drug-likeness (QED) is 0.131. The van der Waals surface area contributed by atoms with E-state index in [9.17, 15) is 13.2 Å². The third-order valence-electron chi connectivity index (χ3n) is 8.46. The molecule has 0 saturated carbocycles. The highest BCUT2D eigenvalue weighted by atomic mass is 19.4. The van der Waals surface area contributed by atoms with Gasteiger partial charge in [-0.3, -0.25) is 4.90 Å². The Morgan fingerprint density at radius 3 is 1.71 bits per heavy atom. The van der Waals surface area contributed by atoms with E-state index in [-0.39, 0.29) is 18.6 Å². The van der Waals surface area contributed by atoms with Crippen LogP contribution in [0.5, 0.6) is 0 Å². The fourth-order valence-corrected chi connectivity index (χ4v) is 6.05. The minimum atomic E-state index is -4.61. The fourth-order valence-electron chi connectivity index (χ4n) is 6.05. The van der Waals surface area contributed by atoms with Crippen LogP contribution >= 0.6 is 0 Å². The molecule has 0 aliphatic carbocycles. The van der Waals surface area contributed by atoms with E-state index < -0.39 is 30.1 Å². The van der Waals surface area contributed by atoms with Crippen LogP contribution in [-0.2, 0) is 46.8 Å². The Kier molecular flexibility index (Phi) is 11.7. The number of nitrogens with one attached hydrogen (secondary N) is 1. The second-order valence-corrected chi connectivity index (χ2v) is 12.0. The van der Waals surface area contributed by atoms with Gasteiger partial charge in [0.25, 0.3) is 0 Å². The average Bonchev–Trinajstić information content (AvgIpc) is 3.13. The number of ether oxygens (including phenoxy) is 3. The standard InChI is InChI=1S/C39H39F3N4O3/c40-39(41,42)35-21-22-43-38(45-35)44-33-24-46(23-29-13-5-1-6-14-29)34(28-47-25-30-15-7-2-8-16-30)37(49-27-32-19-11-4-12-20-32)36(33)48-26-31-17-9-3-10-18-31/h1-22,33-34,36-37H,23-28H2,(H,43,44,45)/t33-,34+,36+,37-/m0/s1. The van der Waals surface area contributed by atoms with Crippen LogP contribution in [0.25, 0.3) is 0 Å². The van der Waals surface area contributed by atoms with E-state index >= 15 is 0 Å². The van der Waals surface area contributed by atoms with Gasteiger partial charge in [0, 0.05) is 19.3 Å². The smallest absolute Gasteiger partial charge is 0.375 e. The van der Waals surface area contributed by atoms with E-state index in [0.717, 1.165) is 34.5 Å². The van der Waals surface area contributed by atoms with Crippen LogP contribution < -0.4 is 5.32 Å². The van der Waals surface area contributed by atoms with Crippen molar-refractivity contribution >= 4 is 5.95 Å². The van der Waals surface area contributed by atoms with Gasteiger partial charge in [-0.2, -0.15) is 13.2 Å². The number of hydrogen-bond donors (Lipinski definition) is 1. The van der Waals surface area contributed by atoms with Crippen LogP contribution in [0.15, 0.2) is 134 Å². The van der Waals surface area contributed by atoms with Crippen molar-refractivity contribution in [2.45, 2.75) is 56.8 Å². The van der Waals surface area contributed by atoms with Gasteiger partial charge in [-0.25, -0.2) is 9.97 Å². The van der Waals surface area contributed by atoms with E-state index in [0.29, 0.717) is 32.9 Å². The Bertz CT molecular complexity index is 1700. The van der Waals surface area contributed by atoms with Gasteiger partial charge in [0.2, 0.25) is 5.95 Å². The van der Waals surface area contributed by atoms with Gasteiger partial charge in [-0.1, -0.05) is 121 Å². The number of benzene rings is 4. The summed E-state index contributed by atoms with van der Waals surface area (Å²) in [5.74, 6) is -0.131. The average molecular weight is 669 g/mol. The molecular weight excluding hydrogens is 629 g/mol. The van der Waals surface area contributed by atoms with E-state index in [1.165, 1.54) is 0 Å². The molecule has 254 valence electrons. The van der Waals surface area contributed by atoms with Crippen LogP contribution in [0.3, 0.4) is 0 Å². The molecule has 0 bridgehead atoms. The van der Waals surface area contributed by atoms with Gasteiger partial charge < -0.3 is 19.5 Å². The molecule has 0 amide bonds. The van der Waals surface area contributed by atoms with Crippen molar-refractivity contribution in [3.63, 3.8) is 0 Å². The lowest BCUT2D eigenvalue weighted by atomic mass is 9.91. The maximum absolute atomic E-state index is 13.7. The number of halogens is 3. The van der Waals surface area contributed by atoms with E-state index in [2.05, 4.69) is 32.3 Å². The molecule has 1 saturated heterocycles. The maximum Gasteiger partial charge on any atom is 0.433 e. The first-order valence-corrected chi connectivity index (χ1v) is 16.3. The van der Waals surface area contributed by atoms with Gasteiger partial charge in [-0.15, -0.1) is 0 Å². The van der Waals surface area contributed by atoms with Crippen LogP contribution in [0.1, 0.15) is 27.9 Å². The summed E-state index contributed by atoms with van der Waals surface area (Å²) in [7, 11) is 0. The molecule has 1 aromatic heterocycles. The number of rotatable bonds is 14. The SMILES string of the molecule is FC(F)(F)c1ccnc(N[C@H]2CN(Cc3ccccc3)[C@H](COCc3ccccc3)[C@H](OCc3ccccc3)[C@@H]2OCc2ccccc2)n1. The first-order valence-electron chi connectivity index (χ1n) is 16.3. The topological polar surface area (TPSA) is 68.7 Å². The molecule has 2 heterocycles. The van der Waals surface area contributed by atoms with Crippen molar-refractivity contribution in [2.75, 3.05) is 18.5 Å². The summed E-state index contributed by atoms with van der Waals surface area (Å²) in [5, 5.41) is 3.22. The number of anilines is 1. The Labute approximate surface area is 284 Å². The Morgan fingerprint density at radius 1 is 0.653 bits per heavy atom. The normalized spacial score (nSPS) is 19.8. The molecule has 1 N–H and O–H groups in total. The van der Waals surface area contributed by atoms with Gasteiger partial charge in [0.05, 0.1) is 38.5 Å². The summed E-state index contributed by atoms with van der Waals surface area (Å²) in [5.41, 5.74) is 3.05. The van der Waals surface area contributed by atoms with Crippen LogP contribution in [0.4, 0.5) is 19.1 Å². The summed E-state index contributed by atoms with van der Waals surface area (Å²) < 4.78 is 60.9. The highest BCUT2D eigenvalue weighted by molar-refractivity contribution is 5.30. The Morgan fingerprint density at radius 2 is 1.16 bits per heavy atom. The molecule has 0 radical (unpaired) electrons.